The van der Waals surface area contributed by atoms with Crippen molar-refractivity contribution in [3.8, 4) is 12.3 Å². The fourth-order valence-corrected chi connectivity index (χ4v) is 0.312. The predicted octanol–water partition coefficient (Wildman–Crippen LogP) is -0.209. The predicted molar refractivity (Wildman–Crippen MR) is 36.0 cm³/mol. The number of rotatable bonds is 3. The molecule has 0 saturated carbocycles. The van der Waals surface area contributed by atoms with Gasteiger partial charge >= 0.3 is 5.97 Å². The van der Waals surface area contributed by atoms with Gasteiger partial charge in [0.25, 0.3) is 0 Å². The van der Waals surface area contributed by atoms with Gasteiger partial charge in [0, 0.05) is 0 Å². The monoisotopic (exact) mass is 142 g/mol. The molecule has 0 amide bonds. The Labute approximate surface area is 60.0 Å². The summed E-state index contributed by atoms with van der Waals surface area (Å²) in [5, 5.41) is 8.19. The minimum absolute atomic E-state index is 0.0875. The smallest absolute Gasteiger partial charge is 0.331 e. The van der Waals surface area contributed by atoms with Crippen molar-refractivity contribution in [1.82, 2.24) is 0 Å². The Balaban J connectivity index is 3.37. The number of hydrogen-bond acceptors (Lipinski definition) is 3. The molecule has 0 aliphatic carbocycles. The van der Waals surface area contributed by atoms with Crippen LogP contribution in [0.1, 0.15) is 6.92 Å². The van der Waals surface area contributed by atoms with E-state index in [1.54, 1.807) is 6.92 Å². The highest BCUT2D eigenvalue weighted by molar-refractivity contribution is 5.70. The molecule has 1 atom stereocenters. The van der Waals surface area contributed by atoms with E-state index in [4.69, 9.17) is 11.5 Å². The highest BCUT2D eigenvalue weighted by Crippen LogP contribution is 1.91. The zero-order chi connectivity index (χ0) is 7.98. The van der Waals surface area contributed by atoms with Gasteiger partial charge in [0.1, 0.15) is 13.2 Å². The van der Waals surface area contributed by atoms with E-state index in [1.165, 1.54) is 0 Å². The molecule has 1 unspecified atom stereocenters. The van der Waals surface area contributed by atoms with Crippen LogP contribution in [0.5, 0.6) is 0 Å². The second-order valence-electron chi connectivity index (χ2n) is 1.91. The number of aliphatic hydroxyl groups is 1. The first-order valence-electron chi connectivity index (χ1n) is 2.93. The molecule has 0 radical (unpaired) electrons. The fraction of sp³-hybridized carbons (Fsp3) is 0.571. The fourth-order valence-electron chi connectivity index (χ4n) is 0.312. The molecular formula is C7H10O3. The van der Waals surface area contributed by atoms with Gasteiger partial charge in [0.2, 0.25) is 0 Å². The van der Waals surface area contributed by atoms with Gasteiger partial charge in [-0.05, 0) is 6.92 Å². The highest BCUT2D eigenvalue weighted by atomic mass is 16.5. The van der Waals surface area contributed by atoms with Gasteiger partial charge in [-0.3, -0.25) is 0 Å². The zero-order valence-electron chi connectivity index (χ0n) is 5.83. The minimum atomic E-state index is -0.637. The quantitative estimate of drug-likeness (QED) is 0.438. The van der Waals surface area contributed by atoms with Crippen LogP contribution in [0.4, 0.5) is 0 Å². The van der Waals surface area contributed by atoms with E-state index in [0.717, 1.165) is 0 Å². The van der Waals surface area contributed by atoms with Crippen LogP contribution in [-0.2, 0) is 9.53 Å². The van der Waals surface area contributed by atoms with Crippen molar-refractivity contribution in [3.63, 3.8) is 0 Å². The van der Waals surface area contributed by atoms with E-state index in [9.17, 15) is 4.79 Å². The Bertz CT molecular complexity index is 145. The summed E-state index contributed by atoms with van der Waals surface area (Å²) in [5.41, 5.74) is 0. The minimum Gasteiger partial charge on any atom is -0.463 e. The topological polar surface area (TPSA) is 46.5 Å². The molecule has 0 fully saturated rings. The maximum atomic E-state index is 10.3. The number of aliphatic hydroxyl groups excluding tert-OH is 1. The first kappa shape index (κ1) is 8.99. The van der Waals surface area contributed by atoms with E-state index in [2.05, 4.69) is 10.7 Å². The van der Waals surface area contributed by atoms with Crippen LogP contribution in [0.15, 0.2) is 0 Å². The number of carbonyl (C=O) groups excluding carboxylic acids is 1. The first-order chi connectivity index (χ1) is 4.70. The standard InChI is InChI=1S/C7H10O3/c1-3-6(2)5-10-7(9)4-8/h1,6,8H,4-5H2,2H3. The Morgan fingerprint density at radius 3 is 2.90 bits per heavy atom. The van der Waals surface area contributed by atoms with Crippen LogP contribution >= 0.6 is 0 Å². The van der Waals surface area contributed by atoms with Crippen molar-refractivity contribution in [3.05, 3.63) is 0 Å². The van der Waals surface area contributed by atoms with Crippen LogP contribution in [0.2, 0.25) is 0 Å². The molecule has 0 saturated heterocycles. The first-order valence-corrected chi connectivity index (χ1v) is 2.93. The third kappa shape index (κ3) is 3.93. The number of terminal acetylenes is 1. The number of hydrogen-bond donors (Lipinski definition) is 1. The summed E-state index contributed by atoms with van der Waals surface area (Å²) >= 11 is 0. The Morgan fingerprint density at radius 2 is 2.50 bits per heavy atom. The SMILES string of the molecule is C#CC(C)COC(=O)CO. The molecule has 3 heteroatoms. The maximum absolute atomic E-state index is 10.3. The number of carbonyl (C=O) groups is 1. The average molecular weight is 142 g/mol. The van der Waals surface area contributed by atoms with Crippen molar-refractivity contribution in [2.75, 3.05) is 13.2 Å². The highest BCUT2D eigenvalue weighted by Gasteiger charge is 2.01. The molecule has 0 aliphatic rings. The van der Waals surface area contributed by atoms with Crippen molar-refractivity contribution in [2.45, 2.75) is 6.92 Å². The van der Waals surface area contributed by atoms with Crippen molar-refractivity contribution < 1.29 is 14.6 Å². The molecule has 0 aromatic heterocycles. The van der Waals surface area contributed by atoms with Crippen LogP contribution in [-0.4, -0.2) is 24.3 Å². The Morgan fingerprint density at radius 1 is 1.90 bits per heavy atom. The molecule has 0 aliphatic heterocycles. The average Bonchev–Trinajstić information content (AvgIpc) is 1.99. The summed E-state index contributed by atoms with van der Waals surface area (Å²) in [6, 6.07) is 0. The summed E-state index contributed by atoms with van der Waals surface area (Å²) < 4.78 is 4.51. The van der Waals surface area contributed by atoms with E-state index in [0.29, 0.717) is 0 Å². The summed E-state index contributed by atoms with van der Waals surface area (Å²) in [6.45, 7) is 1.35. The largest absolute Gasteiger partial charge is 0.463 e. The third-order valence-corrected chi connectivity index (χ3v) is 0.908. The van der Waals surface area contributed by atoms with Gasteiger partial charge in [0.05, 0.1) is 5.92 Å². The van der Waals surface area contributed by atoms with Gasteiger partial charge in [-0.15, -0.1) is 12.3 Å². The van der Waals surface area contributed by atoms with Crippen molar-refractivity contribution in [2.24, 2.45) is 5.92 Å². The van der Waals surface area contributed by atoms with Crippen molar-refractivity contribution in [1.29, 1.82) is 0 Å². The number of ether oxygens (including phenoxy) is 1. The van der Waals surface area contributed by atoms with Gasteiger partial charge in [-0.2, -0.15) is 0 Å². The lowest BCUT2D eigenvalue weighted by molar-refractivity contribution is -0.147. The van der Waals surface area contributed by atoms with Crippen LogP contribution < -0.4 is 0 Å². The molecule has 0 aromatic rings. The van der Waals surface area contributed by atoms with Gasteiger partial charge in [-0.25, -0.2) is 4.79 Å². The summed E-state index contributed by atoms with van der Waals surface area (Å²) in [7, 11) is 0. The van der Waals surface area contributed by atoms with E-state index in [1.807, 2.05) is 0 Å². The lowest BCUT2D eigenvalue weighted by Crippen LogP contribution is -2.13. The zero-order valence-corrected chi connectivity index (χ0v) is 5.83. The Hall–Kier alpha value is -1.01. The lowest BCUT2D eigenvalue weighted by atomic mass is 10.2. The summed E-state index contributed by atoms with van der Waals surface area (Å²) in [6.07, 6.45) is 5.00. The second kappa shape index (κ2) is 4.83. The van der Waals surface area contributed by atoms with E-state index in [-0.39, 0.29) is 12.5 Å². The van der Waals surface area contributed by atoms with Gasteiger partial charge in [-0.1, -0.05) is 0 Å². The van der Waals surface area contributed by atoms with Crippen LogP contribution in [0, 0.1) is 18.3 Å². The molecule has 0 aromatic carbocycles. The van der Waals surface area contributed by atoms with Gasteiger partial charge in [0.15, 0.2) is 0 Å². The van der Waals surface area contributed by atoms with Crippen LogP contribution in [0.3, 0.4) is 0 Å². The van der Waals surface area contributed by atoms with E-state index >= 15 is 0 Å². The number of esters is 1. The molecule has 0 bridgehead atoms. The molecule has 1 N–H and O–H groups in total. The second-order valence-corrected chi connectivity index (χ2v) is 1.91. The Kier molecular flexibility index (Phi) is 4.34. The summed E-state index contributed by atoms with van der Waals surface area (Å²) in [5.74, 6) is 1.66. The van der Waals surface area contributed by atoms with Crippen molar-refractivity contribution >= 4 is 5.97 Å². The maximum Gasteiger partial charge on any atom is 0.331 e. The third-order valence-electron chi connectivity index (χ3n) is 0.908. The summed E-state index contributed by atoms with van der Waals surface area (Å²) in [4.78, 5) is 10.3. The van der Waals surface area contributed by atoms with Crippen LogP contribution in [0.25, 0.3) is 0 Å². The van der Waals surface area contributed by atoms with Gasteiger partial charge < -0.3 is 9.84 Å². The molecule has 0 spiro atoms. The lowest BCUT2D eigenvalue weighted by Gasteiger charge is -2.03. The molecule has 56 valence electrons. The molecular weight excluding hydrogens is 132 g/mol. The normalized spacial score (nSPS) is 11.7. The molecule has 0 heterocycles. The molecule has 10 heavy (non-hydrogen) atoms. The molecule has 3 nitrogen and oxygen atoms in total. The molecule has 0 rings (SSSR count). The van der Waals surface area contributed by atoms with E-state index < -0.39 is 12.6 Å².